The third kappa shape index (κ3) is 3.95. The predicted octanol–water partition coefficient (Wildman–Crippen LogP) is 3.86. The fraction of sp³-hybridized carbons (Fsp3) is 0.312. The van der Waals surface area contributed by atoms with Crippen LogP contribution < -0.4 is 10.1 Å². The van der Waals surface area contributed by atoms with Gasteiger partial charge in [-0.15, -0.1) is 12.4 Å². The summed E-state index contributed by atoms with van der Waals surface area (Å²) in [4.78, 5) is 14.4. The molecule has 1 fully saturated rings. The second-order valence-corrected chi connectivity index (χ2v) is 5.99. The van der Waals surface area contributed by atoms with Crippen LogP contribution in [0.25, 0.3) is 11.1 Å². The summed E-state index contributed by atoms with van der Waals surface area (Å²) in [6.45, 7) is 0.576. The second kappa shape index (κ2) is 7.34. The third-order valence-corrected chi connectivity index (χ3v) is 4.40. The van der Waals surface area contributed by atoms with E-state index < -0.39 is 4.92 Å². The quantitative estimate of drug-likeness (QED) is 0.475. The van der Waals surface area contributed by atoms with Crippen LogP contribution >= 0.6 is 24.0 Å². The number of halogens is 2. The number of ether oxygens (including phenoxy) is 1. The Labute approximate surface area is 150 Å². The number of hydrogen-bond acceptors (Lipinski definition) is 5. The lowest BCUT2D eigenvalue weighted by Crippen LogP contribution is -2.33. The zero-order valence-corrected chi connectivity index (χ0v) is 14.6. The monoisotopic (exact) mass is 369 g/mol. The first kappa shape index (κ1) is 18.4. The Balaban J connectivity index is 0.00000208. The Kier molecular flexibility index (Phi) is 5.64. The average Bonchev–Trinajstić information content (AvgIpc) is 3.35. The topological polar surface area (TPSA) is 77.3 Å². The normalized spacial score (nSPS) is 14.6. The summed E-state index contributed by atoms with van der Waals surface area (Å²) in [5.74, 6) is 0.629. The Morgan fingerprint density at radius 3 is 2.58 bits per heavy atom. The van der Waals surface area contributed by atoms with E-state index in [-0.39, 0.29) is 23.6 Å². The van der Waals surface area contributed by atoms with Gasteiger partial charge in [0.25, 0.3) is 5.69 Å². The van der Waals surface area contributed by atoms with E-state index >= 15 is 0 Å². The van der Waals surface area contributed by atoms with Crippen molar-refractivity contribution in [2.75, 3.05) is 13.7 Å². The fourth-order valence-corrected chi connectivity index (χ4v) is 2.52. The van der Waals surface area contributed by atoms with Crippen LogP contribution in [0.5, 0.6) is 5.75 Å². The standard InChI is InChI=1S/C16H16ClN3O3.ClH/c1-18-16(6-7-16)10-23-13-8-14(15(17)19-9-13)11-2-4-12(5-3-11)20(21)22;/h2-5,8-9,18H,6-7,10H2,1H3;1H. The number of benzene rings is 1. The van der Waals surface area contributed by atoms with Gasteiger partial charge in [-0.25, -0.2) is 4.98 Å². The molecule has 0 spiro atoms. The summed E-state index contributed by atoms with van der Waals surface area (Å²) in [7, 11) is 1.93. The molecule has 1 aromatic heterocycles. The van der Waals surface area contributed by atoms with Crippen molar-refractivity contribution >= 4 is 29.7 Å². The van der Waals surface area contributed by atoms with Crippen molar-refractivity contribution in [2.24, 2.45) is 0 Å². The molecule has 24 heavy (non-hydrogen) atoms. The van der Waals surface area contributed by atoms with Crippen LogP contribution in [-0.2, 0) is 0 Å². The SMILES string of the molecule is CNC1(COc2cnc(Cl)c(-c3ccc([N+](=O)[O-])cc3)c2)CC1.Cl. The van der Waals surface area contributed by atoms with Crippen molar-refractivity contribution in [2.45, 2.75) is 18.4 Å². The van der Waals surface area contributed by atoms with Gasteiger partial charge in [-0.2, -0.15) is 0 Å². The summed E-state index contributed by atoms with van der Waals surface area (Å²) >= 11 is 6.15. The van der Waals surface area contributed by atoms with Gasteiger partial charge in [-0.1, -0.05) is 11.6 Å². The van der Waals surface area contributed by atoms with Crippen molar-refractivity contribution in [1.29, 1.82) is 0 Å². The molecule has 0 bridgehead atoms. The molecule has 1 heterocycles. The molecule has 6 nitrogen and oxygen atoms in total. The Morgan fingerprint density at radius 1 is 1.38 bits per heavy atom. The molecule has 8 heteroatoms. The summed E-state index contributed by atoms with van der Waals surface area (Å²) in [5, 5.41) is 14.3. The van der Waals surface area contributed by atoms with Crippen molar-refractivity contribution in [3.8, 4) is 16.9 Å². The number of nitro benzene ring substituents is 1. The molecule has 0 aliphatic heterocycles. The van der Waals surface area contributed by atoms with Gasteiger partial charge in [-0.05, 0) is 43.7 Å². The molecule has 1 aromatic carbocycles. The molecule has 1 aliphatic rings. The van der Waals surface area contributed by atoms with Crippen molar-refractivity contribution < 1.29 is 9.66 Å². The smallest absolute Gasteiger partial charge is 0.269 e. The molecular formula is C16H17Cl2N3O3. The summed E-state index contributed by atoms with van der Waals surface area (Å²) < 4.78 is 5.81. The predicted molar refractivity (Wildman–Crippen MR) is 95.1 cm³/mol. The highest BCUT2D eigenvalue weighted by atomic mass is 35.5. The van der Waals surface area contributed by atoms with Gasteiger partial charge in [0.15, 0.2) is 0 Å². The first-order chi connectivity index (χ1) is 11.0. The number of nitro groups is 1. The lowest BCUT2D eigenvalue weighted by atomic mass is 10.1. The second-order valence-electron chi connectivity index (χ2n) is 5.63. The molecule has 1 N–H and O–H groups in total. The van der Waals surface area contributed by atoms with Crippen LogP contribution in [-0.4, -0.2) is 29.1 Å². The van der Waals surface area contributed by atoms with Crippen LogP contribution in [0, 0.1) is 10.1 Å². The van der Waals surface area contributed by atoms with E-state index in [1.165, 1.54) is 12.1 Å². The zero-order chi connectivity index (χ0) is 16.4. The van der Waals surface area contributed by atoms with Gasteiger partial charge in [0, 0.05) is 17.7 Å². The Hall–Kier alpha value is -1.89. The molecule has 0 radical (unpaired) electrons. The Morgan fingerprint density at radius 2 is 2.04 bits per heavy atom. The molecule has 0 unspecified atom stereocenters. The molecule has 0 saturated heterocycles. The molecule has 0 atom stereocenters. The average molecular weight is 370 g/mol. The summed E-state index contributed by atoms with van der Waals surface area (Å²) in [5.41, 5.74) is 1.56. The third-order valence-electron chi connectivity index (χ3n) is 4.10. The summed E-state index contributed by atoms with van der Waals surface area (Å²) in [6, 6.07) is 8.00. The van der Waals surface area contributed by atoms with Gasteiger partial charge in [0.05, 0.1) is 16.7 Å². The van der Waals surface area contributed by atoms with Gasteiger partial charge < -0.3 is 10.1 Å². The number of nitrogens with zero attached hydrogens (tertiary/aromatic N) is 2. The van der Waals surface area contributed by atoms with E-state index in [1.807, 2.05) is 13.1 Å². The Bertz CT molecular complexity index is 734. The van der Waals surface area contributed by atoms with Crippen molar-refractivity contribution in [1.82, 2.24) is 10.3 Å². The van der Waals surface area contributed by atoms with Crippen LogP contribution in [0.3, 0.4) is 0 Å². The first-order valence-corrected chi connectivity index (χ1v) is 7.63. The van der Waals surface area contributed by atoms with Crippen molar-refractivity contribution in [3.63, 3.8) is 0 Å². The van der Waals surface area contributed by atoms with Gasteiger partial charge >= 0.3 is 0 Å². The van der Waals surface area contributed by atoms with E-state index in [9.17, 15) is 10.1 Å². The van der Waals surface area contributed by atoms with Crippen LogP contribution in [0.2, 0.25) is 5.15 Å². The van der Waals surface area contributed by atoms with Crippen molar-refractivity contribution in [3.05, 3.63) is 51.8 Å². The number of rotatable bonds is 6. The maximum absolute atomic E-state index is 10.7. The molecule has 1 aliphatic carbocycles. The van der Waals surface area contributed by atoms with E-state index in [4.69, 9.17) is 16.3 Å². The minimum absolute atomic E-state index is 0. The number of hydrogen-bond donors (Lipinski definition) is 1. The number of non-ortho nitro benzene ring substituents is 1. The highest BCUT2D eigenvalue weighted by Crippen LogP contribution is 2.36. The molecule has 2 aromatic rings. The molecule has 1 saturated carbocycles. The number of nitrogens with one attached hydrogen (secondary N) is 1. The molecular weight excluding hydrogens is 353 g/mol. The zero-order valence-electron chi connectivity index (χ0n) is 13.0. The molecule has 0 amide bonds. The maximum atomic E-state index is 10.7. The molecule has 3 rings (SSSR count). The van der Waals surface area contributed by atoms with Gasteiger partial charge in [-0.3, -0.25) is 10.1 Å². The minimum atomic E-state index is -0.435. The number of aromatic nitrogens is 1. The number of likely N-dealkylation sites (N-methyl/N-ethyl adjacent to an activating group) is 1. The van der Waals surface area contributed by atoms with E-state index in [0.29, 0.717) is 23.1 Å². The number of pyridine rings is 1. The minimum Gasteiger partial charge on any atom is -0.490 e. The largest absolute Gasteiger partial charge is 0.490 e. The first-order valence-electron chi connectivity index (χ1n) is 7.25. The van der Waals surface area contributed by atoms with Gasteiger partial charge in [0.2, 0.25) is 0 Å². The fourth-order valence-electron chi connectivity index (χ4n) is 2.31. The van der Waals surface area contributed by atoms with Crippen LogP contribution in [0.1, 0.15) is 12.8 Å². The summed E-state index contributed by atoms with van der Waals surface area (Å²) in [6.07, 6.45) is 3.78. The molecule has 128 valence electrons. The maximum Gasteiger partial charge on any atom is 0.269 e. The van der Waals surface area contributed by atoms with E-state index in [0.717, 1.165) is 18.4 Å². The lowest BCUT2D eigenvalue weighted by molar-refractivity contribution is -0.384. The van der Waals surface area contributed by atoms with E-state index in [2.05, 4.69) is 10.3 Å². The van der Waals surface area contributed by atoms with E-state index in [1.54, 1.807) is 18.3 Å². The lowest BCUT2D eigenvalue weighted by Gasteiger charge is -2.15. The highest BCUT2D eigenvalue weighted by Gasteiger charge is 2.41. The van der Waals surface area contributed by atoms with Gasteiger partial charge in [0.1, 0.15) is 17.5 Å². The highest BCUT2D eigenvalue weighted by molar-refractivity contribution is 6.32. The van der Waals surface area contributed by atoms with Crippen LogP contribution in [0.4, 0.5) is 5.69 Å². The van der Waals surface area contributed by atoms with Crippen LogP contribution in [0.15, 0.2) is 36.5 Å².